The molecular formula is C22H33Cl2N5O3. The van der Waals surface area contributed by atoms with Gasteiger partial charge in [0.1, 0.15) is 0 Å². The van der Waals surface area contributed by atoms with Crippen molar-refractivity contribution < 1.29 is 14.7 Å². The normalized spacial score (nSPS) is 21.4. The van der Waals surface area contributed by atoms with E-state index in [1.165, 1.54) is 0 Å². The first-order chi connectivity index (χ1) is 15.0. The van der Waals surface area contributed by atoms with Crippen LogP contribution >= 0.6 is 23.2 Å². The second-order valence-electron chi connectivity index (χ2n) is 9.24. The van der Waals surface area contributed by atoms with Crippen molar-refractivity contribution >= 4 is 40.8 Å². The fourth-order valence-electron chi connectivity index (χ4n) is 4.32. The molecule has 8 nitrogen and oxygen atoms in total. The minimum absolute atomic E-state index is 0.0645. The Morgan fingerprint density at radius 2 is 1.81 bits per heavy atom. The van der Waals surface area contributed by atoms with Crippen molar-refractivity contribution in [3.05, 3.63) is 28.2 Å². The van der Waals surface area contributed by atoms with E-state index in [2.05, 4.69) is 22.5 Å². The Kier molecular flexibility index (Phi) is 8.27. The van der Waals surface area contributed by atoms with Crippen LogP contribution in [0.1, 0.15) is 27.2 Å². The Balaban J connectivity index is 1.49. The molecule has 0 radical (unpaired) electrons. The number of anilines is 1. The molecule has 3 rings (SSSR count). The summed E-state index contributed by atoms with van der Waals surface area (Å²) in [6.45, 7) is 9.83. The summed E-state index contributed by atoms with van der Waals surface area (Å²) in [5.41, 5.74) is -0.160. The number of urea groups is 1. The maximum Gasteiger partial charge on any atom is 0.321 e. The molecule has 0 aromatic heterocycles. The molecule has 3 amide bonds. The standard InChI is InChI=1S/C22H33Cl2N5O3/c1-15(13-22(2,3)32)29-7-6-25-19(14-29)20(30)27-8-10-28(11-9-27)21(31)26-16-4-5-17(23)18(24)12-16/h4-5,12,15,19,25,32H,6-11,13-14H2,1-3H3,(H,26,31)/t15?,19-/m1/s1. The fraction of sp³-hybridized carbons (Fsp3) is 0.636. The summed E-state index contributed by atoms with van der Waals surface area (Å²) in [5.74, 6) is 0.0645. The van der Waals surface area contributed by atoms with Crippen LogP contribution in [-0.4, -0.2) is 95.2 Å². The lowest BCUT2D eigenvalue weighted by atomic mass is 9.98. The maximum atomic E-state index is 13.1. The Hall–Kier alpha value is -1.58. The summed E-state index contributed by atoms with van der Waals surface area (Å²) in [4.78, 5) is 31.4. The van der Waals surface area contributed by atoms with E-state index in [0.29, 0.717) is 54.9 Å². The van der Waals surface area contributed by atoms with Gasteiger partial charge in [-0.25, -0.2) is 4.79 Å². The van der Waals surface area contributed by atoms with Gasteiger partial charge in [0.25, 0.3) is 0 Å². The van der Waals surface area contributed by atoms with Crippen LogP contribution in [0.15, 0.2) is 18.2 Å². The lowest BCUT2D eigenvalue weighted by Crippen LogP contribution is -2.62. The summed E-state index contributed by atoms with van der Waals surface area (Å²) in [7, 11) is 0. The summed E-state index contributed by atoms with van der Waals surface area (Å²) in [6.07, 6.45) is 0.653. The topological polar surface area (TPSA) is 88.2 Å². The summed E-state index contributed by atoms with van der Waals surface area (Å²) < 4.78 is 0. The molecule has 1 unspecified atom stereocenters. The van der Waals surface area contributed by atoms with Gasteiger partial charge in [0.2, 0.25) is 5.91 Å². The van der Waals surface area contributed by atoms with Crippen molar-refractivity contribution in [2.45, 2.75) is 44.9 Å². The Morgan fingerprint density at radius 3 is 2.44 bits per heavy atom. The lowest BCUT2D eigenvalue weighted by Gasteiger charge is -2.41. The van der Waals surface area contributed by atoms with Crippen molar-refractivity contribution in [2.75, 3.05) is 51.1 Å². The minimum Gasteiger partial charge on any atom is -0.390 e. The van der Waals surface area contributed by atoms with Gasteiger partial charge in [-0.2, -0.15) is 0 Å². The first-order valence-electron chi connectivity index (χ1n) is 11.0. The maximum absolute atomic E-state index is 13.1. The number of piperazine rings is 2. The number of nitrogens with one attached hydrogen (secondary N) is 2. The van der Waals surface area contributed by atoms with Gasteiger partial charge in [-0.15, -0.1) is 0 Å². The quantitative estimate of drug-likeness (QED) is 0.596. The van der Waals surface area contributed by atoms with Crippen LogP contribution in [0.5, 0.6) is 0 Å². The van der Waals surface area contributed by atoms with Crippen molar-refractivity contribution in [1.29, 1.82) is 0 Å². The number of hydrogen-bond acceptors (Lipinski definition) is 5. The van der Waals surface area contributed by atoms with Crippen LogP contribution in [0.2, 0.25) is 10.0 Å². The van der Waals surface area contributed by atoms with E-state index in [9.17, 15) is 14.7 Å². The molecule has 178 valence electrons. The first kappa shape index (κ1) is 25.1. The third-order valence-corrected chi connectivity index (χ3v) is 6.71. The summed E-state index contributed by atoms with van der Waals surface area (Å²) in [6, 6.07) is 4.64. The van der Waals surface area contributed by atoms with Crippen molar-refractivity contribution in [1.82, 2.24) is 20.0 Å². The molecule has 2 fully saturated rings. The molecule has 3 N–H and O–H groups in total. The number of halogens is 2. The van der Waals surface area contributed by atoms with Crippen molar-refractivity contribution in [3.8, 4) is 0 Å². The SMILES string of the molecule is CC(CC(C)(C)O)N1CCN[C@@H](C(=O)N2CCN(C(=O)Nc3ccc(Cl)c(Cl)c3)CC2)C1. The Morgan fingerprint density at radius 1 is 1.16 bits per heavy atom. The fourth-order valence-corrected chi connectivity index (χ4v) is 4.62. The van der Waals surface area contributed by atoms with Crippen LogP contribution in [-0.2, 0) is 4.79 Å². The monoisotopic (exact) mass is 485 g/mol. The van der Waals surface area contributed by atoms with E-state index < -0.39 is 5.60 Å². The van der Waals surface area contributed by atoms with E-state index in [4.69, 9.17) is 23.2 Å². The van der Waals surface area contributed by atoms with Gasteiger partial charge in [-0.1, -0.05) is 23.2 Å². The number of aliphatic hydroxyl groups is 1. The molecule has 2 heterocycles. The molecule has 32 heavy (non-hydrogen) atoms. The van der Waals surface area contributed by atoms with Crippen LogP contribution in [0, 0.1) is 0 Å². The molecule has 1 aromatic carbocycles. The predicted octanol–water partition coefficient (Wildman–Crippen LogP) is 2.49. The van der Waals surface area contributed by atoms with Gasteiger partial charge in [0, 0.05) is 57.5 Å². The van der Waals surface area contributed by atoms with Crippen LogP contribution in [0.3, 0.4) is 0 Å². The van der Waals surface area contributed by atoms with E-state index in [-0.39, 0.29) is 24.0 Å². The number of benzene rings is 1. The largest absolute Gasteiger partial charge is 0.390 e. The second kappa shape index (κ2) is 10.6. The van der Waals surface area contributed by atoms with Crippen LogP contribution in [0.4, 0.5) is 10.5 Å². The zero-order chi connectivity index (χ0) is 23.5. The van der Waals surface area contributed by atoms with Gasteiger partial charge >= 0.3 is 6.03 Å². The molecule has 0 spiro atoms. The molecule has 10 heteroatoms. The first-order valence-corrected chi connectivity index (χ1v) is 11.8. The predicted molar refractivity (Wildman–Crippen MR) is 127 cm³/mol. The molecule has 2 aliphatic heterocycles. The van der Waals surface area contributed by atoms with Gasteiger partial charge < -0.3 is 25.5 Å². The van der Waals surface area contributed by atoms with Crippen molar-refractivity contribution in [2.24, 2.45) is 0 Å². The number of carbonyl (C=O) groups excluding carboxylic acids is 2. The number of nitrogens with zero attached hydrogens (tertiary/aromatic N) is 3. The molecule has 2 atom stereocenters. The lowest BCUT2D eigenvalue weighted by molar-refractivity contribution is -0.136. The highest BCUT2D eigenvalue weighted by atomic mass is 35.5. The molecule has 0 saturated carbocycles. The van der Waals surface area contributed by atoms with Crippen LogP contribution < -0.4 is 10.6 Å². The number of hydrogen-bond donors (Lipinski definition) is 3. The Bertz CT molecular complexity index is 824. The molecular weight excluding hydrogens is 453 g/mol. The average Bonchev–Trinajstić information content (AvgIpc) is 2.75. The third-order valence-electron chi connectivity index (χ3n) is 5.97. The number of amides is 3. The minimum atomic E-state index is -0.738. The van der Waals surface area contributed by atoms with E-state index >= 15 is 0 Å². The molecule has 0 aliphatic carbocycles. The van der Waals surface area contributed by atoms with Crippen LogP contribution in [0.25, 0.3) is 0 Å². The van der Waals surface area contributed by atoms with Gasteiger partial charge in [-0.3, -0.25) is 9.69 Å². The summed E-state index contributed by atoms with van der Waals surface area (Å²) >= 11 is 11.9. The molecule has 0 bridgehead atoms. The van der Waals surface area contributed by atoms with Gasteiger partial charge in [-0.05, 0) is 45.4 Å². The number of carbonyl (C=O) groups is 2. The molecule has 2 aliphatic rings. The summed E-state index contributed by atoms with van der Waals surface area (Å²) in [5, 5.41) is 17.1. The smallest absolute Gasteiger partial charge is 0.321 e. The highest BCUT2D eigenvalue weighted by molar-refractivity contribution is 6.42. The molecule has 1 aromatic rings. The second-order valence-corrected chi connectivity index (χ2v) is 10.1. The van der Waals surface area contributed by atoms with Gasteiger partial charge in [0.05, 0.1) is 21.7 Å². The van der Waals surface area contributed by atoms with E-state index in [1.807, 2.05) is 18.7 Å². The van der Waals surface area contributed by atoms with Crippen molar-refractivity contribution in [3.63, 3.8) is 0 Å². The number of rotatable bonds is 5. The van der Waals surface area contributed by atoms with Gasteiger partial charge in [0.15, 0.2) is 0 Å². The van der Waals surface area contributed by atoms with E-state index in [1.54, 1.807) is 23.1 Å². The molecule has 2 saturated heterocycles. The highest BCUT2D eigenvalue weighted by Crippen LogP contribution is 2.25. The third kappa shape index (κ3) is 6.71. The zero-order valence-corrected chi connectivity index (χ0v) is 20.4. The Labute approximate surface area is 199 Å². The highest BCUT2D eigenvalue weighted by Gasteiger charge is 2.34. The van der Waals surface area contributed by atoms with E-state index in [0.717, 1.165) is 13.1 Å². The zero-order valence-electron chi connectivity index (χ0n) is 18.9. The average molecular weight is 486 g/mol.